The maximum atomic E-state index is 12.6. The van der Waals surface area contributed by atoms with Crippen LogP contribution in [0.2, 0.25) is 0 Å². The Hall–Kier alpha value is -1.59. The Morgan fingerprint density at radius 1 is 1.45 bits per heavy atom. The number of nitrogen functional groups attached to an aromatic ring is 1. The van der Waals surface area contributed by atoms with E-state index in [9.17, 15) is 9.90 Å². The smallest absolute Gasteiger partial charge is 0.266 e. The molecular formula is C15H20N2O2S. The predicted molar refractivity (Wildman–Crippen MR) is 84.2 cm³/mol. The van der Waals surface area contributed by atoms with Crippen molar-refractivity contribution < 1.29 is 9.90 Å². The number of rotatable bonds is 3. The number of hydrogen-bond donors (Lipinski definition) is 2. The molecule has 1 aromatic heterocycles. The van der Waals surface area contributed by atoms with Crippen LogP contribution in [-0.2, 0) is 0 Å². The maximum absolute atomic E-state index is 12.6. The SMILES string of the molecule is Cc1cccc2c(N)c(C(=O)N(C)C(C)(C)CO)sc12. The van der Waals surface area contributed by atoms with Crippen LogP contribution in [0.25, 0.3) is 10.1 Å². The summed E-state index contributed by atoms with van der Waals surface area (Å²) in [6, 6.07) is 5.88. The number of hydrogen-bond acceptors (Lipinski definition) is 4. The van der Waals surface area contributed by atoms with Crippen molar-refractivity contribution >= 4 is 33.0 Å². The van der Waals surface area contributed by atoms with Crippen LogP contribution >= 0.6 is 11.3 Å². The molecule has 0 fully saturated rings. The highest BCUT2D eigenvalue weighted by Gasteiger charge is 2.30. The number of amides is 1. The number of thiophene rings is 1. The lowest BCUT2D eigenvalue weighted by Gasteiger charge is -2.33. The third kappa shape index (κ3) is 2.27. The van der Waals surface area contributed by atoms with Gasteiger partial charge in [-0.05, 0) is 26.3 Å². The summed E-state index contributed by atoms with van der Waals surface area (Å²) in [6.07, 6.45) is 0. The van der Waals surface area contributed by atoms with E-state index in [1.807, 2.05) is 39.0 Å². The lowest BCUT2D eigenvalue weighted by molar-refractivity contribution is 0.0479. The summed E-state index contributed by atoms with van der Waals surface area (Å²) in [5.74, 6) is -0.151. The van der Waals surface area contributed by atoms with Crippen molar-refractivity contribution in [2.45, 2.75) is 26.3 Å². The monoisotopic (exact) mass is 292 g/mol. The molecule has 0 spiro atoms. The lowest BCUT2D eigenvalue weighted by atomic mass is 10.0. The number of carbonyl (C=O) groups excluding carboxylic acids is 1. The number of aryl methyl sites for hydroxylation is 1. The average molecular weight is 292 g/mol. The van der Waals surface area contributed by atoms with Crippen molar-refractivity contribution in [1.82, 2.24) is 4.90 Å². The van der Waals surface area contributed by atoms with Crippen LogP contribution in [-0.4, -0.2) is 35.1 Å². The van der Waals surface area contributed by atoms with Gasteiger partial charge in [-0.3, -0.25) is 4.79 Å². The van der Waals surface area contributed by atoms with Gasteiger partial charge in [0, 0.05) is 17.1 Å². The molecule has 0 aliphatic heterocycles. The standard InChI is InChI=1S/C15H20N2O2S/c1-9-6-5-7-10-11(16)13(20-12(9)10)14(19)17(4)15(2,3)8-18/h5-7,18H,8,16H2,1-4H3. The van der Waals surface area contributed by atoms with Crippen LogP contribution in [0.5, 0.6) is 0 Å². The van der Waals surface area contributed by atoms with Crippen molar-refractivity contribution in [2.24, 2.45) is 0 Å². The largest absolute Gasteiger partial charge is 0.397 e. The maximum Gasteiger partial charge on any atom is 0.266 e. The number of nitrogens with two attached hydrogens (primary N) is 1. The van der Waals surface area contributed by atoms with E-state index in [1.165, 1.54) is 11.3 Å². The summed E-state index contributed by atoms with van der Waals surface area (Å²) in [6.45, 7) is 5.55. The van der Waals surface area contributed by atoms with Crippen LogP contribution in [0, 0.1) is 6.92 Å². The molecule has 1 aromatic carbocycles. The first-order valence-corrected chi connectivity index (χ1v) is 7.28. The van der Waals surface area contributed by atoms with Gasteiger partial charge in [-0.1, -0.05) is 18.2 Å². The second-order valence-corrected chi connectivity index (χ2v) is 6.65. The highest BCUT2D eigenvalue weighted by Crippen LogP contribution is 2.36. The minimum absolute atomic E-state index is 0.0981. The topological polar surface area (TPSA) is 66.6 Å². The summed E-state index contributed by atoms with van der Waals surface area (Å²) in [4.78, 5) is 14.7. The molecule has 4 nitrogen and oxygen atoms in total. The third-order valence-corrected chi connectivity index (χ3v) is 5.09. The Morgan fingerprint density at radius 2 is 2.10 bits per heavy atom. The van der Waals surface area contributed by atoms with E-state index >= 15 is 0 Å². The van der Waals surface area contributed by atoms with Crippen LogP contribution < -0.4 is 5.73 Å². The molecule has 2 rings (SSSR count). The number of fused-ring (bicyclic) bond motifs is 1. The van der Waals surface area contributed by atoms with Crippen molar-refractivity contribution in [3.8, 4) is 0 Å². The Labute approximate surface area is 122 Å². The zero-order valence-electron chi connectivity index (χ0n) is 12.2. The van der Waals surface area contributed by atoms with E-state index in [-0.39, 0.29) is 12.5 Å². The molecule has 20 heavy (non-hydrogen) atoms. The van der Waals surface area contributed by atoms with E-state index in [0.717, 1.165) is 15.6 Å². The van der Waals surface area contributed by atoms with Crippen molar-refractivity contribution in [1.29, 1.82) is 0 Å². The molecule has 0 radical (unpaired) electrons. The number of benzene rings is 1. The van der Waals surface area contributed by atoms with Crippen LogP contribution in [0.3, 0.4) is 0 Å². The quantitative estimate of drug-likeness (QED) is 0.914. The minimum atomic E-state index is -0.616. The summed E-state index contributed by atoms with van der Waals surface area (Å²) < 4.78 is 1.04. The summed E-state index contributed by atoms with van der Waals surface area (Å²) >= 11 is 1.42. The molecule has 0 unspecified atom stereocenters. The Bertz CT molecular complexity index is 661. The summed E-state index contributed by atoms with van der Waals surface area (Å²) in [5.41, 5.74) is 7.16. The normalized spacial score (nSPS) is 11.8. The molecular weight excluding hydrogens is 272 g/mol. The van der Waals surface area contributed by atoms with E-state index in [2.05, 4.69) is 0 Å². The minimum Gasteiger partial charge on any atom is -0.397 e. The second-order valence-electron chi connectivity index (χ2n) is 5.63. The third-order valence-electron chi connectivity index (χ3n) is 3.74. The number of carbonyl (C=O) groups is 1. The van der Waals surface area contributed by atoms with Gasteiger partial charge in [0.05, 0.1) is 17.8 Å². The van der Waals surface area contributed by atoms with E-state index < -0.39 is 5.54 Å². The van der Waals surface area contributed by atoms with Gasteiger partial charge < -0.3 is 15.7 Å². The highest BCUT2D eigenvalue weighted by molar-refractivity contribution is 7.21. The molecule has 5 heteroatoms. The van der Waals surface area contributed by atoms with E-state index in [0.29, 0.717) is 10.6 Å². The van der Waals surface area contributed by atoms with Crippen LogP contribution in [0.15, 0.2) is 18.2 Å². The Balaban J connectivity index is 2.51. The molecule has 3 N–H and O–H groups in total. The Kier molecular flexibility index (Phi) is 3.75. The zero-order valence-corrected chi connectivity index (χ0v) is 13.0. The van der Waals surface area contributed by atoms with Gasteiger partial charge in [0.15, 0.2) is 0 Å². The Morgan fingerprint density at radius 3 is 2.65 bits per heavy atom. The van der Waals surface area contributed by atoms with Crippen LogP contribution in [0.1, 0.15) is 29.1 Å². The molecule has 1 heterocycles. The molecule has 0 saturated carbocycles. The molecule has 0 bridgehead atoms. The zero-order chi connectivity index (χ0) is 15.1. The highest BCUT2D eigenvalue weighted by atomic mass is 32.1. The number of nitrogens with zero attached hydrogens (tertiary/aromatic N) is 1. The summed E-state index contributed by atoms with van der Waals surface area (Å²) in [7, 11) is 1.69. The van der Waals surface area contributed by atoms with Crippen molar-refractivity contribution in [2.75, 3.05) is 19.4 Å². The molecule has 0 aliphatic carbocycles. The van der Waals surface area contributed by atoms with Gasteiger partial charge in [-0.15, -0.1) is 11.3 Å². The molecule has 0 atom stereocenters. The molecule has 2 aromatic rings. The first-order chi connectivity index (χ1) is 9.29. The van der Waals surface area contributed by atoms with Crippen LogP contribution in [0.4, 0.5) is 5.69 Å². The molecule has 1 amide bonds. The number of aliphatic hydroxyl groups is 1. The van der Waals surface area contributed by atoms with Gasteiger partial charge >= 0.3 is 0 Å². The van der Waals surface area contributed by atoms with Crippen molar-refractivity contribution in [3.63, 3.8) is 0 Å². The fourth-order valence-electron chi connectivity index (χ4n) is 1.97. The number of anilines is 1. The first-order valence-electron chi connectivity index (χ1n) is 6.46. The number of aliphatic hydroxyl groups excluding tert-OH is 1. The second kappa shape index (κ2) is 5.07. The van der Waals surface area contributed by atoms with Gasteiger partial charge in [-0.2, -0.15) is 0 Å². The van der Waals surface area contributed by atoms with E-state index in [1.54, 1.807) is 11.9 Å². The van der Waals surface area contributed by atoms with Gasteiger partial charge in [0.2, 0.25) is 0 Å². The predicted octanol–water partition coefficient (Wildman–Crippen LogP) is 2.63. The van der Waals surface area contributed by atoms with Gasteiger partial charge in [0.25, 0.3) is 5.91 Å². The van der Waals surface area contributed by atoms with Crippen molar-refractivity contribution in [3.05, 3.63) is 28.6 Å². The lowest BCUT2D eigenvalue weighted by Crippen LogP contribution is -2.47. The number of likely N-dealkylation sites (N-methyl/N-ethyl adjacent to an activating group) is 1. The van der Waals surface area contributed by atoms with Gasteiger partial charge in [-0.25, -0.2) is 0 Å². The molecule has 108 valence electrons. The fraction of sp³-hybridized carbons (Fsp3) is 0.400. The molecule has 0 saturated heterocycles. The van der Waals surface area contributed by atoms with Gasteiger partial charge in [0.1, 0.15) is 4.88 Å². The molecule has 0 aliphatic rings. The van der Waals surface area contributed by atoms with E-state index in [4.69, 9.17) is 5.73 Å². The first kappa shape index (κ1) is 14.8. The summed E-state index contributed by atoms with van der Waals surface area (Å²) in [5, 5.41) is 10.3. The average Bonchev–Trinajstić information content (AvgIpc) is 2.76. The fourth-order valence-corrected chi connectivity index (χ4v) is 3.14.